The molecule has 7 heteroatoms. The molecule has 1 saturated heterocycles. The number of aliphatic carboxylic acids is 2. The maximum atomic E-state index is 10.8. The van der Waals surface area contributed by atoms with Crippen molar-refractivity contribution in [3.63, 3.8) is 0 Å². The number of piperidine rings is 1. The molecule has 0 spiro atoms. The SMILES string of the molecule is NC(=O)N1CCC(C(=O)O)C(C(=O)O)C1. The van der Waals surface area contributed by atoms with Gasteiger partial charge in [0.05, 0.1) is 11.8 Å². The van der Waals surface area contributed by atoms with E-state index >= 15 is 0 Å². The number of hydrogen-bond donors (Lipinski definition) is 3. The fourth-order valence-corrected chi connectivity index (χ4v) is 1.70. The van der Waals surface area contributed by atoms with Crippen LogP contribution < -0.4 is 5.73 Å². The highest BCUT2D eigenvalue weighted by Crippen LogP contribution is 2.24. The number of primary amides is 1. The van der Waals surface area contributed by atoms with Crippen LogP contribution in [0, 0.1) is 11.8 Å². The Morgan fingerprint density at radius 3 is 2.07 bits per heavy atom. The van der Waals surface area contributed by atoms with Gasteiger partial charge in [0.1, 0.15) is 0 Å². The number of nitrogens with zero attached hydrogens (tertiary/aromatic N) is 1. The Morgan fingerprint density at radius 2 is 1.67 bits per heavy atom. The molecule has 0 aromatic heterocycles. The minimum atomic E-state index is -1.21. The monoisotopic (exact) mass is 216 g/mol. The van der Waals surface area contributed by atoms with E-state index in [1.165, 1.54) is 0 Å². The van der Waals surface area contributed by atoms with E-state index in [0.717, 1.165) is 4.90 Å². The van der Waals surface area contributed by atoms with Crippen molar-refractivity contribution in [3.05, 3.63) is 0 Å². The molecule has 0 radical (unpaired) electrons. The fraction of sp³-hybridized carbons (Fsp3) is 0.625. The molecule has 2 unspecified atom stereocenters. The van der Waals surface area contributed by atoms with Gasteiger partial charge in [-0.25, -0.2) is 4.79 Å². The van der Waals surface area contributed by atoms with Gasteiger partial charge in [0.2, 0.25) is 0 Å². The van der Waals surface area contributed by atoms with Crippen molar-refractivity contribution in [1.29, 1.82) is 0 Å². The van der Waals surface area contributed by atoms with E-state index in [1.54, 1.807) is 0 Å². The van der Waals surface area contributed by atoms with E-state index in [0.29, 0.717) is 0 Å². The number of rotatable bonds is 2. The third-order valence-corrected chi connectivity index (χ3v) is 2.56. The molecule has 0 bridgehead atoms. The number of hydrogen-bond acceptors (Lipinski definition) is 3. The van der Waals surface area contributed by atoms with Gasteiger partial charge in [-0.1, -0.05) is 0 Å². The number of nitrogens with two attached hydrogens (primary N) is 1. The molecule has 1 fully saturated rings. The molecular weight excluding hydrogens is 204 g/mol. The molecule has 1 aliphatic rings. The zero-order chi connectivity index (χ0) is 11.6. The highest BCUT2D eigenvalue weighted by molar-refractivity contribution is 5.82. The first-order valence-corrected chi connectivity index (χ1v) is 4.43. The molecule has 15 heavy (non-hydrogen) atoms. The van der Waals surface area contributed by atoms with Crippen molar-refractivity contribution in [1.82, 2.24) is 4.90 Å². The van der Waals surface area contributed by atoms with Gasteiger partial charge in [0, 0.05) is 13.1 Å². The molecule has 84 valence electrons. The van der Waals surface area contributed by atoms with Crippen LogP contribution in [0.15, 0.2) is 0 Å². The zero-order valence-corrected chi connectivity index (χ0v) is 7.92. The fourth-order valence-electron chi connectivity index (χ4n) is 1.70. The predicted molar refractivity (Wildman–Crippen MR) is 48.0 cm³/mol. The summed E-state index contributed by atoms with van der Waals surface area (Å²) in [6.07, 6.45) is 0.120. The number of amides is 2. The summed E-state index contributed by atoms with van der Waals surface area (Å²) >= 11 is 0. The third kappa shape index (κ3) is 2.36. The van der Waals surface area contributed by atoms with Gasteiger partial charge in [-0.05, 0) is 6.42 Å². The van der Waals surface area contributed by atoms with Gasteiger partial charge in [0.15, 0.2) is 0 Å². The highest BCUT2D eigenvalue weighted by Gasteiger charge is 2.39. The number of urea groups is 1. The van der Waals surface area contributed by atoms with Crippen LogP contribution in [0.4, 0.5) is 4.79 Å². The van der Waals surface area contributed by atoms with Crippen LogP contribution in [-0.4, -0.2) is 46.2 Å². The second kappa shape index (κ2) is 4.16. The molecule has 0 aromatic rings. The van der Waals surface area contributed by atoms with Gasteiger partial charge in [-0.3, -0.25) is 9.59 Å². The molecule has 4 N–H and O–H groups in total. The molecule has 0 aliphatic carbocycles. The van der Waals surface area contributed by atoms with Crippen LogP contribution in [-0.2, 0) is 9.59 Å². The smallest absolute Gasteiger partial charge is 0.314 e. The van der Waals surface area contributed by atoms with Crippen LogP contribution >= 0.6 is 0 Å². The molecule has 0 aromatic carbocycles. The lowest BCUT2D eigenvalue weighted by molar-refractivity contribution is -0.156. The average molecular weight is 216 g/mol. The van der Waals surface area contributed by atoms with Crippen molar-refractivity contribution >= 4 is 18.0 Å². The average Bonchev–Trinajstić information content (AvgIpc) is 2.16. The molecule has 7 nitrogen and oxygen atoms in total. The van der Waals surface area contributed by atoms with Crippen LogP contribution in [0.2, 0.25) is 0 Å². The molecule has 0 saturated carbocycles. The summed E-state index contributed by atoms with van der Waals surface area (Å²) in [7, 11) is 0. The van der Waals surface area contributed by atoms with Crippen LogP contribution in [0.5, 0.6) is 0 Å². The predicted octanol–water partition coefficient (Wildman–Crippen LogP) is -0.828. The quantitative estimate of drug-likeness (QED) is 0.556. The normalized spacial score (nSPS) is 26.0. The zero-order valence-electron chi connectivity index (χ0n) is 7.92. The Hall–Kier alpha value is -1.79. The summed E-state index contributed by atoms with van der Waals surface area (Å²) in [5.74, 6) is -4.39. The van der Waals surface area contributed by atoms with E-state index in [4.69, 9.17) is 15.9 Å². The van der Waals surface area contributed by atoms with Crippen molar-refractivity contribution in [2.45, 2.75) is 6.42 Å². The lowest BCUT2D eigenvalue weighted by Gasteiger charge is -2.33. The van der Waals surface area contributed by atoms with E-state index in [-0.39, 0.29) is 19.5 Å². The largest absolute Gasteiger partial charge is 0.481 e. The third-order valence-electron chi connectivity index (χ3n) is 2.56. The summed E-state index contributed by atoms with van der Waals surface area (Å²) < 4.78 is 0. The number of carbonyl (C=O) groups is 3. The van der Waals surface area contributed by atoms with Crippen molar-refractivity contribution in [3.8, 4) is 0 Å². The van der Waals surface area contributed by atoms with Crippen LogP contribution in [0.3, 0.4) is 0 Å². The second-order valence-corrected chi connectivity index (χ2v) is 3.46. The minimum absolute atomic E-state index is 0.120. The number of carboxylic acids is 2. The first kappa shape index (κ1) is 11.3. The maximum absolute atomic E-state index is 10.8. The molecule has 1 aliphatic heterocycles. The van der Waals surface area contributed by atoms with Gasteiger partial charge < -0.3 is 20.8 Å². The summed E-state index contributed by atoms with van der Waals surface area (Å²) in [4.78, 5) is 33.5. The van der Waals surface area contributed by atoms with Gasteiger partial charge in [-0.15, -0.1) is 0 Å². The molecular formula is C8H12N2O5. The van der Waals surface area contributed by atoms with E-state index in [9.17, 15) is 14.4 Å². The number of likely N-dealkylation sites (tertiary alicyclic amines) is 1. The molecule has 2 atom stereocenters. The Kier molecular flexibility index (Phi) is 3.13. The Morgan fingerprint density at radius 1 is 1.13 bits per heavy atom. The topological polar surface area (TPSA) is 121 Å². The van der Waals surface area contributed by atoms with E-state index in [2.05, 4.69) is 0 Å². The number of carboxylic acid groups (broad SMARTS) is 2. The summed E-state index contributed by atoms with van der Waals surface area (Å²) in [5, 5.41) is 17.6. The summed E-state index contributed by atoms with van der Waals surface area (Å²) in [6, 6.07) is -0.718. The Balaban J connectivity index is 2.78. The van der Waals surface area contributed by atoms with Crippen molar-refractivity contribution < 1.29 is 24.6 Å². The lowest BCUT2D eigenvalue weighted by Crippen LogP contribution is -2.50. The lowest BCUT2D eigenvalue weighted by atomic mass is 9.86. The van der Waals surface area contributed by atoms with E-state index < -0.39 is 29.8 Å². The van der Waals surface area contributed by atoms with Crippen molar-refractivity contribution in [2.24, 2.45) is 17.6 Å². The standard InChI is InChI=1S/C8H12N2O5/c9-8(15)10-2-1-4(6(11)12)5(3-10)7(13)14/h4-5H,1-3H2,(H2,9,15)(H,11,12)(H,13,14). The Bertz CT molecular complexity index is 303. The van der Waals surface area contributed by atoms with E-state index in [1.807, 2.05) is 0 Å². The maximum Gasteiger partial charge on any atom is 0.314 e. The number of carbonyl (C=O) groups excluding carboxylic acids is 1. The first-order chi connectivity index (χ1) is 6.93. The minimum Gasteiger partial charge on any atom is -0.481 e. The van der Waals surface area contributed by atoms with Crippen LogP contribution in [0.1, 0.15) is 6.42 Å². The summed E-state index contributed by atoms with van der Waals surface area (Å²) in [6.45, 7) is 0.0533. The van der Waals surface area contributed by atoms with Crippen molar-refractivity contribution in [2.75, 3.05) is 13.1 Å². The van der Waals surface area contributed by atoms with Gasteiger partial charge >= 0.3 is 18.0 Å². The van der Waals surface area contributed by atoms with Crippen LogP contribution in [0.25, 0.3) is 0 Å². The highest BCUT2D eigenvalue weighted by atomic mass is 16.4. The molecule has 1 rings (SSSR count). The van der Waals surface area contributed by atoms with Gasteiger partial charge in [0.25, 0.3) is 0 Å². The van der Waals surface area contributed by atoms with Gasteiger partial charge in [-0.2, -0.15) is 0 Å². The molecule has 1 heterocycles. The Labute approximate surface area is 85.5 Å². The molecule has 2 amide bonds. The first-order valence-electron chi connectivity index (χ1n) is 4.43. The summed E-state index contributed by atoms with van der Waals surface area (Å²) in [5.41, 5.74) is 5.00. The second-order valence-electron chi connectivity index (χ2n) is 3.46.